The first kappa shape index (κ1) is 21.0. The van der Waals surface area contributed by atoms with Crippen molar-refractivity contribution in [2.75, 3.05) is 5.32 Å². The maximum Gasteiger partial charge on any atom is 0.387 e. The molecule has 1 amide bonds. The van der Waals surface area contributed by atoms with Crippen LogP contribution in [-0.4, -0.2) is 17.6 Å². The highest BCUT2D eigenvalue weighted by atomic mass is 35.5. The van der Waals surface area contributed by atoms with E-state index in [2.05, 4.69) is 15.4 Å². The molecule has 0 spiro atoms. The van der Waals surface area contributed by atoms with Gasteiger partial charge in [0.2, 0.25) is 0 Å². The monoisotopic (exact) mass is 456 g/mol. The number of carbonyl (C=O) groups is 1. The zero-order valence-corrected chi connectivity index (χ0v) is 16.7. The highest BCUT2D eigenvalue weighted by Crippen LogP contribution is 2.34. The standard InChI is InChI=1S/C19H12Cl2F2N2O3S/c20-11-5-3-4-10(16(11)21)13-8-9-15(27-13)17(26)25-19(29)24-12-6-1-2-7-14(12)28-18(22)23/h1-9,18H,(H2,24,25,26,29). The lowest BCUT2D eigenvalue weighted by Crippen LogP contribution is -2.34. The van der Waals surface area contributed by atoms with Gasteiger partial charge in [0.15, 0.2) is 10.9 Å². The average molecular weight is 457 g/mol. The van der Waals surface area contributed by atoms with Crippen molar-refractivity contribution in [3.63, 3.8) is 0 Å². The summed E-state index contributed by atoms with van der Waals surface area (Å²) in [5.74, 6) is -0.441. The summed E-state index contributed by atoms with van der Waals surface area (Å²) in [6, 6.07) is 14.0. The number of ether oxygens (including phenoxy) is 1. The van der Waals surface area contributed by atoms with E-state index >= 15 is 0 Å². The van der Waals surface area contributed by atoms with Crippen LogP contribution in [0.2, 0.25) is 10.0 Å². The van der Waals surface area contributed by atoms with E-state index in [0.717, 1.165) is 0 Å². The summed E-state index contributed by atoms with van der Waals surface area (Å²) in [6.45, 7) is -3.00. The third-order valence-corrected chi connectivity index (χ3v) is 4.65. The Morgan fingerprint density at radius 2 is 1.83 bits per heavy atom. The van der Waals surface area contributed by atoms with Gasteiger partial charge in [0.1, 0.15) is 11.5 Å². The minimum absolute atomic E-state index is 0.0303. The highest BCUT2D eigenvalue weighted by Gasteiger charge is 2.17. The number of anilines is 1. The molecule has 0 saturated carbocycles. The van der Waals surface area contributed by atoms with Gasteiger partial charge in [-0.15, -0.1) is 0 Å². The van der Waals surface area contributed by atoms with Gasteiger partial charge in [-0.3, -0.25) is 10.1 Å². The SMILES string of the molecule is O=C(NC(=S)Nc1ccccc1OC(F)F)c1ccc(-c2cccc(Cl)c2Cl)o1. The molecule has 29 heavy (non-hydrogen) atoms. The summed E-state index contributed by atoms with van der Waals surface area (Å²) in [7, 11) is 0. The van der Waals surface area contributed by atoms with Gasteiger partial charge in [0.25, 0.3) is 5.91 Å². The molecule has 150 valence electrons. The van der Waals surface area contributed by atoms with E-state index in [9.17, 15) is 13.6 Å². The second kappa shape index (κ2) is 9.21. The Bertz CT molecular complexity index is 1060. The van der Waals surface area contributed by atoms with Crippen LogP contribution in [0.4, 0.5) is 14.5 Å². The topological polar surface area (TPSA) is 63.5 Å². The molecule has 0 saturated heterocycles. The van der Waals surface area contributed by atoms with Crippen LogP contribution >= 0.6 is 35.4 Å². The quantitative estimate of drug-likeness (QED) is 0.462. The summed E-state index contributed by atoms with van der Waals surface area (Å²) in [5.41, 5.74) is 0.695. The van der Waals surface area contributed by atoms with Gasteiger partial charge >= 0.3 is 6.61 Å². The van der Waals surface area contributed by atoms with Crippen molar-refractivity contribution in [1.29, 1.82) is 0 Å². The fraction of sp³-hybridized carbons (Fsp3) is 0.0526. The lowest BCUT2D eigenvalue weighted by Gasteiger charge is -2.13. The number of nitrogens with one attached hydrogen (secondary N) is 2. The van der Waals surface area contributed by atoms with Crippen LogP contribution in [0.15, 0.2) is 59.0 Å². The predicted molar refractivity (Wildman–Crippen MR) is 111 cm³/mol. The lowest BCUT2D eigenvalue weighted by molar-refractivity contribution is -0.0493. The number of rotatable bonds is 5. The van der Waals surface area contributed by atoms with Gasteiger partial charge in [0, 0.05) is 5.56 Å². The van der Waals surface area contributed by atoms with Crippen molar-refractivity contribution in [2.24, 2.45) is 0 Å². The normalized spacial score (nSPS) is 10.7. The average Bonchev–Trinajstić information content (AvgIpc) is 3.15. The number of benzene rings is 2. The van der Waals surface area contributed by atoms with Crippen LogP contribution in [0.1, 0.15) is 10.6 Å². The smallest absolute Gasteiger partial charge is 0.387 e. The van der Waals surface area contributed by atoms with Gasteiger partial charge in [-0.25, -0.2) is 0 Å². The van der Waals surface area contributed by atoms with Crippen LogP contribution in [-0.2, 0) is 0 Å². The zero-order chi connectivity index (χ0) is 21.0. The third kappa shape index (κ3) is 5.23. The van der Waals surface area contributed by atoms with Gasteiger partial charge < -0.3 is 14.5 Å². The number of alkyl halides is 2. The number of thiocarbonyl (C=S) groups is 1. The number of amides is 1. The number of halogens is 4. The van der Waals surface area contributed by atoms with Gasteiger partial charge in [-0.05, 0) is 48.6 Å². The van der Waals surface area contributed by atoms with Crippen molar-refractivity contribution in [3.05, 3.63) is 70.4 Å². The van der Waals surface area contributed by atoms with Gasteiger partial charge in [-0.2, -0.15) is 8.78 Å². The molecule has 2 N–H and O–H groups in total. The van der Waals surface area contributed by atoms with Crippen molar-refractivity contribution in [2.45, 2.75) is 6.61 Å². The first-order valence-electron chi connectivity index (χ1n) is 8.05. The molecule has 3 aromatic rings. The Morgan fingerprint density at radius 3 is 2.59 bits per heavy atom. The fourth-order valence-electron chi connectivity index (χ4n) is 2.39. The van der Waals surface area contributed by atoms with Crippen LogP contribution in [0, 0.1) is 0 Å². The summed E-state index contributed by atoms with van der Waals surface area (Å²) in [4.78, 5) is 12.4. The number of carbonyl (C=O) groups excluding carboxylic acids is 1. The van der Waals surface area contributed by atoms with Crippen molar-refractivity contribution in [1.82, 2.24) is 5.32 Å². The van der Waals surface area contributed by atoms with Crippen LogP contribution < -0.4 is 15.4 Å². The molecule has 5 nitrogen and oxygen atoms in total. The number of furan rings is 1. The Balaban J connectivity index is 1.69. The van der Waals surface area contributed by atoms with Crippen molar-refractivity contribution < 1.29 is 22.7 Å². The summed E-state index contributed by atoms with van der Waals surface area (Å²) in [6.07, 6.45) is 0. The molecule has 0 unspecified atom stereocenters. The predicted octanol–water partition coefficient (Wildman–Crippen LogP) is 5.98. The summed E-state index contributed by atoms with van der Waals surface area (Å²) in [5, 5.41) is 5.55. The largest absolute Gasteiger partial charge is 0.451 e. The maximum atomic E-state index is 12.5. The van der Waals surface area contributed by atoms with Gasteiger partial charge in [-0.1, -0.05) is 41.4 Å². The molecule has 1 aromatic heterocycles. The van der Waals surface area contributed by atoms with E-state index in [-0.39, 0.29) is 22.3 Å². The lowest BCUT2D eigenvalue weighted by atomic mass is 10.2. The van der Waals surface area contributed by atoms with Crippen LogP contribution in [0.5, 0.6) is 5.75 Å². The fourth-order valence-corrected chi connectivity index (χ4v) is 2.98. The Morgan fingerprint density at radius 1 is 1.07 bits per heavy atom. The third-order valence-electron chi connectivity index (χ3n) is 3.63. The van der Waals surface area contributed by atoms with E-state index in [1.807, 2.05) is 0 Å². The Kier molecular flexibility index (Phi) is 6.68. The van der Waals surface area contributed by atoms with Crippen molar-refractivity contribution in [3.8, 4) is 17.1 Å². The molecule has 2 aromatic carbocycles. The van der Waals surface area contributed by atoms with E-state index in [4.69, 9.17) is 39.8 Å². The van der Waals surface area contributed by atoms with Crippen LogP contribution in [0.25, 0.3) is 11.3 Å². The van der Waals surface area contributed by atoms with E-state index in [1.54, 1.807) is 30.3 Å². The van der Waals surface area contributed by atoms with E-state index in [1.165, 1.54) is 24.3 Å². The molecule has 0 atom stereocenters. The number of hydrogen-bond donors (Lipinski definition) is 2. The molecular formula is C19H12Cl2F2N2O3S. The Hall–Kier alpha value is -2.68. The van der Waals surface area contributed by atoms with E-state index < -0.39 is 12.5 Å². The first-order chi connectivity index (χ1) is 13.8. The number of hydrogen-bond acceptors (Lipinski definition) is 4. The highest BCUT2D eigenvalue weighted by molar-refractivity contribution is 7.80. The van der Waals surface area contributed by atoms with Crippen LogP contribution in [0.3, 0.4) is 0 Å². The molecule has 0 aliphatic heterocycles. The molecule has 0 aliphatic rings. The van der Waals surface area contributed by atoms with Gasteiger partial charge in [0.05, 0.1) is 15.7 Å². The minimum Gasteiger partial charge on any atom is -0.451 e. The maximum absolute atomic E-state index is 12.5. The molecule has 0 radical (unpaired) electrons. The zero-order valence-electron chi connectivity index (χ0n) is 14.4. The Labute approximate surface area is 179 Å². The van der Waals surface area contributed by atoms with Crippen molar-refractivity contribution >= 4 is 52.1 Å². The molecule has 0 bridgehead atoms. The second-order valence-electron chi connectivity index (χ2n) is 5.55. The molecule has 10 heteroatoms. The number of para-hydroxylation sites is 2. The summed E-state index contributed by atoms with van der Waals surface area (Å²) >= 11 is 17.2. The molecule has 1 heterocycles. The minimum atomic E-state index is -3.00. The second-order valence-corrected chi connectivity index (χ2v) is 6.74. The first-order valence-corrected chi connectivity index (χ1v) is 9.22. The summed E-state index contributed by atoms with van der Waals surface area (Å²) < 4.78 is 34.9. The molecular weight excluding hydrogens is 445 g/mol. The molecule has 0 aliphatic carbocycles. The molecule has 0 fully saturated rings. The van der Waals surface area contributed by atoms with E-state index in [0.29, 0.717) is 21.4 Å². The molecule has 3 rings (SSSR count).